The van der Waals surface area contributed by atoms with Crippen LogP contribution in [0.4, 0.5) is 3.89 Å². The summed E-state index contributed by atoms with van der Waals surface area (Å²) in [6, 6.07) is 3.29. The number of nitrogens with two attached hydrogens (primary N) is 1. The predicted octanol–water partition coefficient (Wildman–Crippen LogP) is 4.48. The molecule has 1 fully saturated rings. The van der Waals surface area contributed by atoms with Gasteiger partial charge in [-0.15, -0.1) is 0 Å². The van der Waals surface area contributed by atoms with E-state index in [2.05, 4.69) is 29.9 Å². The maximum absolute atomic E-state index is 13.2. The van der Waals surface area contributed by atoms with E-state index in [1.807, 2.05) is 0 Å². The van der Waals surface area contributed by atoms with Gasteiger partial charge < -0.3 is 24.7 Å². The molecule has 1 aromatic heterocycles. The smallest absolute Gasteiger partial charge is 0.379 e. The quantitative estimate of drug-likeness (QED) is 0.190. The van der Waals surface area contributed by atoms with E-state index in [1.54, 1.807) is 18.3 Å². The zero-order valence-electron chi connectivity index (χ0n) is 22.9. The third-order valence-electron chi connectivity index (χ3n) is 5.71. The Morgan fingerprint density at radius 2 is 1.55 bits per heavy atom. The standard InChI is InChI=1S/C20H39FO7S.C6H6N2O/c1-4-7-10-13-24-16-17-18(25-14-11-8-5-2)19(26-15-12-9-6-3)20(27-17)28-29(21,22)23;7-6(9)5-2-1-3-8-4-5/h17-20H,4-16H2,1-3H3;1-4H,(H2,7,9)/t17-,18-,19-,20+;/m1./s1. The number of nitrogens with zero attached hydrogens (tertiary/aromatic N) is 1. The predicted molar refractivity (Wildman–Crippen MR) is 141 cm³/mol. The molecular formula is C26H45FN2O8S. The topological polar surface area (TPSA) is 136 Å². The van der Waals surface area contributed by atoms with Crippen molar-refractivity contribution in [1.29, 1.82) is 0 Å². The summed E-state index contributed by atoms with van der Waals surface area (Å²) in [5.74, 6) is -0.442. The van der Waals surface area contributed by atoms with Crippen LogP contribution >= 0.6 is 0 Å². The van der Waals surface area contributed by atoms with Crippen LogP contribution in [0.5, 0.6) is 0 Å². The van der Waals surface area contributed by atoms with E-state index in [1.165, 1.54) is 6.20 Å². The molecule has 12 heteroatoms. The zero-order chi connectivity index (χ0) is 28.2. The molecule has 0 radical (unpaired) electrons. The number of ether oxygens (including phenoxy) is 4. The summed E-state index contributed by atoms with van der Waals surface area (Å²) in [5, 5.41) is 0. The van der Waals surface area contributed by atoms with Crippen LogP contribution in [0.3, 0.4) is 0 Å². The number of halogens is 1. The fourth-order valence-electron chi connectivity index (χ4n) is 3.70. The largest absolute Gasteiger partial charge is 0.440 e. The molecule has 1 amide bonds. The second-order valence-corrected chi connectivity index (χ2v) is 9.98. The molecule has 1 aromatic rings. The van der Waals surface area contributed by atoms with E-state index in [4.69, 9.17) is 24.7 Å². The van der Waals surface area contributed by atoms with Gasteiger partial charge in [-0.3, -0.25) is 9.78 Å². The Hall–Kier alpha value is -1.70. The van der Waals surface area contributed by atoms with Crippen molar-refractivity contribution >= 4 is 16.4 Å². The first-order valence-electron chi connectivity index (χ1n) is 13.5. The monoisotopic (exact) mass is 564 g/mol. The van der Waals surface area contributed by atoms with Crippen molar-refractivity contribution < 1.29 is 40.2 Å². The van der Waals surface area contributed by atoms with Gasteiger partial charge in [0.15, 0.2) is 0 Å². The van der Waals surface area contributed by atoms with E-state index in [0.717, 1.165) is 57.8 Å². The molecule has 0 aliphatic carbocycles. The van der Waals surface area contributed by atoms with Gasteiger partial charge in [0.1, 0.15) is 18.3 Å². The molecule has 0 spiro atoms. The Morgan fingerprint density at radius 3 is 2.03 bits per heavy atom. The third kappa shape index (κ3) is 15.0. The molecule has 0 saturated carbocycles. The van der Waals surface area contributed by atoms with Gasteiger partial charge in [0, 0.05) is 32.2 Å². The molecule has 1 aliphatic rings. The Balaban J connectivity index is 0.000000671. The van der Waals surface area contributed by atoms with Crippen molar-refractivity contribution in [1.82, 2.24) is 4.98 Å². The Labute approximate surface area is 227 Å². The molecule has 0 bridgehead atoms. The second-order valence-electron chi connectivity index (χ2n) is 9.01. The SMILES string of the molecule is CCCCCOC[C@H]1O[C@@H](OS(=O)(=O)F)[C@H](OCCCCC)[C@@H]1OCCCCC.NC(=O)c1cccnc1. The second kappa shape index (κ2) is 20.2. The van der Waals surface area contributed by atoms with Crippen LogP contribution < -0.4 is 5.73 Å². The van der Waals surface area contributed by atoms with Gasteiger partial charge in [-0.25, -0.2) is 4.18 Å². The van der Waals surface area contributed by atoms with E-state index in [9.17, 15) is 17.1 Å². The number of hydrogen-bond acceptors (Lipinski definition) is 9. The van der Waals surface area contributed by atoms with Crippen LogP contribution in [0, 0.1) is 0 Å². The summed E-state index contributed by atoms with van der Waals surface area (Å²) in [6.45, 7) is 7.95. The fourth-order valence-corrected chi connectivity index (χ4v) is 4.08. The van der Waals surface area contributed by atoms with E-state index < -0.39 is 41.0 Å². The number of aromatic nitrogens is 1. The van der Waals surface area contributed by atoms with E-state index in [-0.39, 0.29) is 6.61 Å². The average Bonchev–Trinajstić information content (AvgIpc) is 3.19. The highest BCUT2D eigenvalue weighted by molar-refractivity contribution is 7.81. The highest BCUT2D eigenvalue weighted by Crippen LogP contribution is 2.30. The summed E-state index contributed by atoms with van der Waals surface area (Å²) in [5.41, 5.74) is 5.38. The average molecular weight is 565 g/mol. The number of primary amides is 1. The molecule has 2 heterocycles. The van der Waals surface area contributed by atoms with E-state index in [0.29, 0.717) is 25.4 Å². The molecule has 1 aliphatic heterocycles. The number of amides is 1. The Kier molecular flexibility index (Phi) is 18.3. The minimum absolute atomic E-state index is 0.211. The molecule has 0 aromatic carbocycles. The van der Waals surface area contributed by atoms with Gasteiger partial charge in [-0.05, 0) is 31.4 Å². The molecule has 10 nitrogen and oxygen atoms in total. The summed E-state index contributed by atoms with van der Waals surface area (Å²) in [7, 11) is -5.19. The van der Waals surface area contributed by atoms with Crippen molar-refractivity contribution in [3.63, 3.8) is 0 Å². The van der Waals surface area contributed by atoms with Crippen LogP contribution in [0.15, 0.2) is 24.5 Å². The number of pyridine rings is 1. The maximum atomic E-state index is 13.2. The van der Waals surface area contributed by atoms with Crippen LogP contribution in [0.2, 0.25) is 0 Å². The molecule has 4 atom stereocenters. The summed E-state index contributed by atoms with van der Waals surface area (Å²) < 4.78 is 63.0. The normalized spacial score (nSPS) is 21.2. The van der Waals surface area contributed by atoms with Crippen LogP contribution in [-0.4, -0.2) is 70.3 Å². The minimum atomic E-state index is -5.19. The fraction of sp³-hybridized carbons (Fsp3) is 0.769. The lowest BCUT2D eigenvalue weighted by Gasteiger charge is -2.24. The molecule has 220 valence electrons. The number of carbonyl (C=O) groups is 1. The van der Waals surface area contributed by atoms with Gasteiger partial charge in [0.25, 0.3) is 0 Å². The van der Waals surface area contributed by atoms with Gasteiger partial charge in [0.2, 0.25) is 12.2 Å². The van der Waals surface area contributed by atoms with Crippen molar-refractivity contribution in [2.75, 3.05) is 26.4 Å². The first-order chi connectivity index (χ1) is 18.2. The summed E-state index contributed by atoms with van der Waals surface area (Å²) in [6.07, 6.45) is 8.49. The van der Waals surface area contributed by atoms with Crippen molar-refractivity contribution in [3.05, 3.63) is 30.1 Å². The lowest BCUT2D eigenvalue weighted by molar-refractivity contribution is -0.134. The number of unbranched alkanes of at least 4 members (excludes halogenated alkanes) is 6. The zero-order valence-corrected chi connectivity index (χ0v) is 23.7. The van der Waals surface area contributed by atoms with Crippen LogP contribution in [0.1, 0.15) is 88.9 Å². The minimum Gasteiger partial charge on any atom is -0.379 e. The number of rotatable bonds is 19. The molecule has 2 N–H and O–H groups in total. The molecule has 2 rings (SSSR count). The first kappa shape index (κ1) is 34.3. The molecule has 38 heavy (non-hydrogen) atoms. The summed E-state index contributed by atoms with van der Waals surface area (Å²) in [4.78, 5) is 14.1. The first-order valence-corrected chi connectivity index (χ1v) is 14.8. The third-order valence-corrected chi connectivity index (χ3v) is 6.13. The van der Waals surface area contributed by atoms with Crippen LogP contribution in [-0.2, 0) is 33.6 Å². The van der Waals surface area contributed by atoms with Crippen molar-refractivity contribution in [2.45, 2.75) is 103 Å². The van der Waals surface area contributed by atoms with Crippen molar-refractivity contribution in [3.8, 4) is 0 Å². The summed E-state index contributed by atoms with van der Waals surface area (Å²) >= 11 is 0. The van der Waals surface area contributed by atoms with Gasteiger partial charge >= 0.3 is 10.5 Å². The molecule has 0 unspecified atom stereocenters. The van der Waals surface area contributed by atoms with Gasteiger partial charge in [-0.1, -0.05) is 63.2 Å². The Morgan fingerprint density at radius 1 is 0.974 bits per heavy atom. The maximum Gasteiger partial charge on any atom is 0.440 e. The van der Waals surface area contributed by atoms with Crippen LogP contribution in [0.25, 0.3) is 0 Å². The Bertz CT molecular complexity index is 847. The number of hydrogen-bond donors (Lipinski definition) is 1. The number of carbonyl (C=O) groups excluding carboxylic acids is 1. The lowest BCUT2D eigenvalue weighted by atomic mass is 10.1. The van der Waals surface area contributed by atoms with Gasteiger partial charge in [-0.2, -0.15) is 8.42 Å². The highest BCUT2D eigenvalue weighted by Gasteiger charge is 2.49. The van der Waals surface area contributed by atoms with Gasteiger partial charge in [0.05, 0.1) is 12.2 Å². The highest BCUT2D eigenvalue weighted by atomic mass is 32.3. The van der Waals surface area contributed by atoms with E-state index >= 15 is 0 Å². The lowest BCUT2D eigenvalue weighted by Crippen LogP contribution is -2.40. The molecule has 1 saturated heterocycles. The molecular weight excluding hydrogens is 519 g/mol. The van der Waals surface area contributed by atoms with Crippen molar-refractivity contribution in [2.24, 2.45) is 5.73 Å².